The summed E-state index contributed by atoms with van der Waals surface area (Å²) in [7, 11) is 0. The van der Waals surface area contributed by atoms with Crippen molar-refractivity contribution in [1.82, 2.24) is 19.9 Å². The van der Waals surface area contributed by atoms with Gasteiger partial charge in [0.15, 0.2) is 11.5 Å². The maximum Gasteiger partial charge on any atom is 0.158 e. The van der Waals surface area contributed by atoms with Crippen LogP contribution in [0.1, 0.15) is 17.2 Å². The highest BCUT2D eigenvalue weighted by molar-refractivity contribution is 5.91. The number of halogens is 1. The molecular weight excluding hydrogens is 361 g/mol. The first-order valence-corrected chi connectivity index (χ1v) is 8.69. The number of benzene rings is 1. The van der Waals surface area contributed by atoms with Gasteiger partial charge in [0.05, 0.1) is 6.61 Å². The van der Waals surface area contributed by atoms with Crippen LogP contribution in [0, 0.1) is 5.82 Å². The number of pyridine rings is 2. The van der Waals surface area contributed by atoms with Crippen LogP contribution in [0.3, 0.4) is 0 Å². The minimum atomic E-state index is -0.975. The average Bonchev–Trinajstić information content (AvgIpc) is 3.17. The van der Waals surface area contributed by atoms with Gasteiger partial charge in [-0.3, -0.25) is 4.98 Å². The molecule has 7 nitrogen and oxygen atoms in total. The van der Waals surface area contributed by atoms with E-state index in [2.05, 4.69) is 19.9 Å². The van der Waals surface area contributed by atoms with Crippen LogP contribution in [0.5, 0.6) is 0 Å². The Kier molecular flexibility index (Phi) is 4.82. The van der Waals surface area contributed by atoms with Crippen molar-refractivity contribution >= 4 is 11.2 Å². The molecule has 28 heavy (non-hydrogen) atoms. The summed E-state index contributed by atoms with van der Waals surface area (Å²) >= 11 is 0. The summed E-state index contributed by atoms with van der Waals surface area (Å²) in [4.78, 5) is 16.3. The van der Waals surface area contributed by atoms with Crippen LogP contribution >= 0.6 is 0 Å². The summed E-state index contributed by atoms with van der Waals surface area (Å²) in [6.45, 7) is -0.241. The molecule has 1 aromatic carbocycles. The van der Waals surface area contributed by atoms with Gasteiger partial charge in [-0.15, -0.1) is 0 Å². The molecule has 8 heteroatoms. The highest BCUT2D eigenvalue weighted by Gasteiger charge is 2.14. The lowest BCUT2D eigenvalue weighted by Crippen LogP contribution is -2.02. The van der Waals surface area contributed by atoms with E-state index in [-0.39, 0.29) is 19.0 Å². The van der Waals surface area contributed by atoms with Gasteiger partial charge >= 0.3 is 0 Å². The van der Waals surface area contributed by atoms with Crippen LogP contribution in [0.25, 0.3) is 33.8 Å². The number of H-pyrrole nitrogens is 1. The number of aliphatic hydroxyl groups excluding tert-OH is 2. The summed E-state index contributed by atoms with van der Waals surface area (Å²) in [6, 6.07) is 10.1. The van der Waals surface area contributed by atoms with Crippen LogP contribution in [-0.2, 0) is 6.54 Å². The number of nitrogens with one attached hydrogen (secondary N) is 1. The van der Waals surface area contributed by atoms with Crippen molar-refractivity contribution in [2.24, 2.45) is 5.73 Å². The number of aromatic nitrogens is 4. The van der Waals surface area contributed by atoms with E-state index in [0.717, 1.165) is 5.56 Å². The molecule has 0 spiro atoms. The number of hydrogen-bond donors (Lipinski definition) is 4. The Labute approximate surface area is 159 Å². The van der Waals surface area contributed by atoms with Gasteiger partial charge in [0.2, 0.25) is 0 Å². The standard InChI is InChI=1S/C20H18FN5O2/c21-15-7-11(1-2-12(15)8-22)14-5-6-23-20-18(14)25-19(26-20)16-4-3-13(9-24-16)17(28)10-27/h1-7,9,17,27-28H,8,10,22H2,(H,23,25,26). The lowest BCUT2D eigenvalue weighted by atomic mass is 10.0. The van der Waals surface area contributed by atoms with Gasteiger partial charge in [-0.1, -0.05) is 18.2 Å². The summed E-state index contributed by atoms with van der Waals surface area (Å²) in [6.07, 6.45) is 2.14. The lowest BCUT2D eigenvalue weighted by Gasteiger charge is -2.06. The van der Waals surface area contributed by atoms with E-state index < -0.39 is 6.10 Å². The first kappa shape index (κ1) is 18.2. The zero-order valence-electron chi connectivity index (χ0n) is 14.8. The van der Waals surface area contributed by atoms with Crippen molar-refractivity contribution in [2.45, 2.75) is 12.6 Å². The van der Waals surface area contributed by atoms with Crippen molar-refractivity contribution in [3.63, 3.8) is 0 Å². The summed E-state index contributed by atoms with van der Waals surface area (Å²) in [5.41, 5.74) is 9.61. The van der Waals surface area contributed by atoms with Gasteiger partial charge in [0.25, 0.3) is 0 Å². The molecule has 3 aromatic heterocycles. The maximum atomic E-state index is 14.2. The minimum absolute atomic E-state index is 0.136. The molecular formula is C20H18FN5O2. The Morgan fingerprint density at radius 1 is 1.14 bits per heavy atom. The molecule has 0 aliphatic heterocycles. The Morgan fingerprint density at radius 3 is 2.68 bits per heavy atom. The average molecular weight is 379 g/mol. The molecule has 0 aliphatic carbocycles. The molecule has 0 aliphatic rings. The number of fused-ring (bicyclic) bond motifs is 1. The zero-order chi connectivity index (χ0) is 19.7. The highest BCUT2D eigenvalue weighted by atomic mass is 19.1. The van der Waals surface area contributed by atoms with E-state index in [9.17, 15) is 9.50 Å². The number of rotatable bonds is 5. The molecule has 0 radical (unpaired) electrons. The Hall–Kier alpha value is -3.20. The Balaban J connectivity index is 1.76. The molecule has 0 saturated carbocycles. The first-order valence-electron chi connectivity index (χ1n) is 8.69. The van der Waals surface area contributed by atoms with E-state index in [1.54, 1.807) is 36.5 Å². The molecule has 1 atom stereocenters. The number of imidazole rings is 1. The molecule has 4 aromatic rings. The lowest BCUT2D eigenvalue weighted by molar-refractivity contribution is 0.0953. The molecule has 142 valence electrons. The van der Waals surface area contributed by atoms with Crippen molar-refractivity contribution in [1.29, 1.82) is 0 Å². The summed E-state index contributed by atoms with van der Waals surface area (Å²) in [5, 5.41) is 18.7. The fraction of sp³-hybridized carbons (Fsp3) is 0.150. The fourth-order valence-corrected chi connectivity index (χ4v) is 2.99. The van der Waals surface area contributed by atoms with Crippen molar-refractivity contribution in [2.75, 3.05) is 6.61 Å². The molecule has 0 bridgehead atoms. The van der Waals surface area contributed by atoms with Gasteiger partial charge in [-0.05, 0) is 23.8 Å². The largest absolute Gasteiger partial charge is 0.393 e. The SMILES string of the molecule is NCc1ccc(-c2ccnc3[nH]c(-c4ccc(C(O)CO)cn4)nc23)cc1F. The normalized spacial score (nSPS) is 12.4. The van der Waals surface area contributed by atoms with Gasteiger partial charge in [-0.2, -0.15) is 0 Å². The molecule has 0 fully saturated rings. The zero-order valence-corrected chi connectivity index (χ0v) is 14.8. The van der Waals surface area contributed by atoms with Gasteiger partial charge in [-0.25, -0.2) is 14.4 Å². The highest BCUT2D eigenvalue weighted by Crippen LogP contribution is 2.29. The van der Waals surface area contributed by atoms with E-state index in [1.807, 2.05) is 0 Å². The van der Waals surface area contributed by atoms with E-state index >= 15 is 0 Å². The summed E-state index contributed by atoms with van der Waals surface area (Å²) in [5.74, 6) is 0.138. The third-order valence-electron chi connectivity index (χ3n) is 4.56. The van der Waals surface area contributed by atoms with E-state index in [4.69, 9.17) is 10.8 Å². The van der Waals surface area contributed by atoms with Crippen molar-refractivity contribution in [3.8, 4) is 22.6 Å². The van der Waals surface area contributed by atoms with Crippen LogP contribution in [0.4, 0.5) is 4.39 Å². The fourth-order valence-electron chi connectivity index (χ4n) is 2.99. The minimum Gasteiger partial charge on any atom is -0.393 e. The molecule has 4 rings (SSSR count). The van der Waals surface area contributed by atoms with Gasteiger partial charge in [0.1, 0.15) is 23.1 Å². The second kappa shape index (κ2) is 7.43. The number of hydrogen-bond acceptors (Lipinski definition) is 6. The Bertz CT molecular complexity index is 1130. The van der Waals surface area contributed by atoms with Crippen molar-refractivity contribution < 1.29 is 14.6 Å². The monoisotopic (exact) mass is 379 g/mol. The van der Waals surface area contributed by atoms with Gasteiger partial charge < -0.3 is 20.9 Å². The van der Waals surface area contributed by atoms with E-state index in [0.29, 0.717) is 39.4 Å². The summed E-state index contributed by atoms with van der Waals surface area (Å²) < 4.78 is 14.2. The number of nitrogens with two attached hydrogens (primary N) is 1. The molecule has 1 unspecified atom stereocenters. The van der Waals surface area contributed by atoms with Crippen molar-refractivity contribution in [3.05, 3.63) is 65.7 Å². The van der Waals surface area contributed by atoms with Gasteiger partial charge in [0, 0.05) is 35.6 Å². The molecule has 3 heterocycles. The smallest absolute Gasteiger partial charge is 0.158 e. The van der Waals surface area contributed by atoms with E-state index in [1.165, 1.54) is 12.3 Å². The Morgan fingerprint density at radius 2 is 2.00 bits per heavy atom. The third-order valence-corrected chi connectivity index (χ3v) is 4.56. The second-order valence-electron chi connectivity index (χ2n) is 6.33. The molecule has 0 saturated heterocycles. The van der Waals surface area contributed by atoms with Crippen LogP contribution in [0.2, 0.25) is 0 Å². The quantitative estimate of drug-likeness (QED) is 0.422. The van der Waals surface area contributed by atoms with Crippen LogP contribution in [-0.4, -0.2) is 36.8 Å². The number of aromatic amines is 1. The predicted molar refractivity (Wildman–Crippen MR) is 102 cm³/mol. The molecule has 0 amide bonds. The topological polar surface area (TPSA) is 121 Å². The number of nitrogens with zero attached hydrogens (tertiary/aromatic N) is 3. The first-order chi connectivity index (χ1) is 13.6. The third kappa shape index (κ3) is 3.24. The van der Waals surface area contributed by atoms with Crippen LogP contribution in [0.15, 0.2) is 48.8 Å². The maximum absolute atomic E-state index is 14.2. The van der Waals surface area contributed by atoms with Crippen LogP contribution < -0.4 is 5.73 Å². The number of aliphatic hydroxyl groups is 2. The second-order valence-corrected chi connectivity index (χ2v) is 6.33. The predicted octanol–water partition coefficient (Wildman–Crippen LogP) is 2.31. The molecule has 5 N–H and O–H groups in total.